The first-order chi connectivity index (χ1) is 8.69. The number of nitrogens with zero attached hydrogens (tertiary/aromatic N) is 2. The van der Waals surface area contributed by atoms with E-state index in [1.54, 1.807) is 0 Å². The Morgan fingerprint density at radius 3 is 2.94 bits per heavy atom. The second-order valence-corrected chi connectivity index (χ2v) is 7.45. The van der Waals surface area contributed by atoms with Gasteiger partial charge in [0.25, 0.3) is 0 Å². The lowest BCUT2D eigenvalue weighted by Gasteiger charge is -2.30. The van der Waals surface area contributed by atoms with E-state index < -0.39 is 10.8 Å². The molecule has 0 radical (unpaired) electrons. The van der Waals surface area contributed by atoms with Crippen molar-refractivity contribution in [2.24, 2.45) is 0 Å². The van der Waals surface area contributed by atoms with Crippen LogP contribution in [-0.2, 0) is 16.2 Å². The molecule has 2 aliphatic rings. The van der Waals surface area contributed by atoms with Gasteiger partial charge >= 0.3 is 0 Å². The van der Waals surface area contributed by atoms with Crippen LogP contribution in [0.3, 0.4) is 0 Å². The molecule has 100 valence electrons. The zero-order valence-corrected chi connectivity index (χ0v) is 11.7. The summed E-state index contributed by atoms with van der Waals surface area (Å²) in [7, 11) is -0.588. The maximum absolute atomic E-state index is 11.5. The zero-order valence-electron chi connectivity index (χ0n) is 10.9. The summed E-state index contributed by atoms with van der Waals surface area (Å²) >= 11 is 0. The highest BCUT2D eigenvalue weighted by Crippen LogP contribution is 2.33. The van der Waals surface area contributed by atoms with Gasteiger partial charge in [0.1, 0.15) is 0 Å². The first kappa shape index (κ1) is 12.4. The van der Waals surface area contributed by atoms with Gasteiger partial charge in [-0.15, -0.1) is 0 Å². The summed E-state index contributed by atoms with van der Waals surface area (Å²) in [4.78, 5) is 4.37. The molecular weight excluding hydrogens is 246 g/mol. The lowest BCUT2D eigenvalue weighted by atomic mass is 9.86. The largest absolute Gasteiger partial charge is 0.331 e. The minimum Gasteiger partial charge on any atom is -0.331 e. The molecule has 2 saturated heterocycles. The highest BCUT2D eigenvalue weighted by atomic mass is 32.2. The molecule has 1 aromatic rings. The molecule has 0 bridgehead atoms. The summed E-state index contributed by atoms with van der Waals surface area (Å²) in [6.07, 6.45) is 7.23. The van der Waals surface area contributed by atoms with Crippen molar-refractivity contribution >= 4 is 10.8 Å². The van der Waals surface area contributed by atoms with Gasteiger partial charge in [-0.25, -0.2) is 4.98 Å². The normalized spacial score (nSPS) is 36.9. The molecule has 2 fully saturated rings. The molecule has 0 amide bonds. The summed E-state index contributed by atoms with van der Waals surface area (Å²) in [5.41, 5.74) is 1.57. The first-order valence-electron chi connectivity index (χ1n) is 6.77. The summed E-state index contributed by atoms with van der Waals surface area (Å²) < 4.78 is 13.8. The number of hydrogen-bond acceptors (Lipinski definition) is 3. The lowest BCUT2D eigenvalue weighted by molar-refractivity contribution is 0.401. The number of imidazole rings is 1. The van der Waals surface area contributed by atoms with Gasteiger partial charge in [-0.2, -0.15) is 0 Å². The third-order valence-corrected chi connectivity index (χ3v) is 5.79. The Morgan fingerprint density at radius 2 is 2.28 bits per heavy atom. The Morgan fingerprint density at radius 1 is 1.50 bits per heavy atom. The van der Waals surface area contributed by atoms with Crippen molar-refractivity contribution in [1.82, 2.24) is 14.9 Å². The SMILES string of the molecule is CC1(c2cncn2C2CCS(=O)CC2)CCNC1. The van der Waals surface area contributed by atoms with Gasteiger partial charge in [0, 0.05) is 52.2 Å². The second-order valence-electron chi connectivity index (χ2n) is 5.75. The standard InChI is InChI=1S/C13H21N3OS/c1-13(4-5-14-9-13)12-8-15-10-16(12)11-2-6-18(17)7-3-11/h8,10-11,14H,2-7,9H2,1H3. The van der Waals surface area contributed by atoms with E-state index in [1.165, 1.54) is 12.1 Å². The summed E-state index contributed by atoms with van der Waals surface area (Å²) in [5.74, 6) is 1.69. The first-order valence-corrected chi connectivity index (χ1v) is 8.26. The van der Waals surface area contributed by atoms with Crippen molar-refractivity contribution in [1.29, 1.82) is 0 Å². The van der Waals surface area contributed by atoms with Crippen molar-refractivity contribution in [3.8, 4) is 0 Å². The van der Waals surface area contributed by atoms with Crippen LogP contribution < -0.4 is 5.32 Å². The topological polar surface area (TPSA) is 46.9 Å². The van der Waals surface area contributed by atoms with Crippen molar-refractivity contribution < 1.29 is 4.21 Å². The smallest absolute Gasteiger partial charge is 0.0951 e. The van der Waals surface area contributed by atoms with E-state index in [9.17, 15) is 4.21 Å². The molecular formula is C13H21N3OS. The van der Waals surface area contributed by atoms with Gasteiger partial charge in [0.15, 0.2) is 0 Å². The number of nitrogens with one attached hydrogen (secondary N) is 1. The Bertz CT molecular complexity index is 441. The van der Waals surface area contributed by atoms with Crippen molar-refractivity contribution in [3.63, 3.8) is 0 Å². The van der Waals surface area contributed by atoms with E-state index in [4.69, 9.17) is 0 Å². The maximum Gasteiger partial charge on any atom is 0.0951 e. The van der Waals surface area contributed by atoms with Crippen LogP contribution in [0.4, 0.5) is 0 Å². The molecule has 3 rings (SSSR count). The van der Waals surface area contributed by atoms with Crippen LogP contribution in [0.15, 0.2) is 12.5 Å². The van der Waals surface area contributed by atoms with Gasteiger partial charge in [0.2, 0.25) is 0 Å². The molecule has 3 heterocycles. The number of aromatic nitrogens is 2. The van der Waals surface area contributed by atoms with Crippen LogP contribution in [0.5, 0.6) is 0 Å². The second kappa shape index (κ2) is 4.78. The van der Waals surface area contributed by atoms with Gasteiger partial charge in [-0.1, -0.05) is 6.92 Å². The van der Waals surface area contributed by atoms with Crippen molar-refractivity contribution in [2.75, 3.05) is 24.6 Å². The molecule has 1 aromatic heterocycles. The summed E-state index contributed by atoms with van der Waals surface area (Å²) in [6, 6.07) is 0.498. The molecule has 1 atom stereocenters. The van der Waals surface area contributed by atoms with Crippen LogP contribution in [0.25, 0.3) is 0 Å². The maximum atomic E-state index is 11.5. The van der Waals surface area contributed by atoms with Gasteiger partial charge in [0.05, 0.1) is 6.33 Å². The average Bonchev–Trinajstić information content (AvgIpc) is 2.99. The summed E-state index contributed by atoms with van der Waals surface area (Å²) in [5, 5.41) is 3.45. The van der Waals surface area contributed by atoms with Crippen LogP contribution in [0, 0.1) is 0 Å². The molecule has 0 spiro atoms. The minimum absolute atomic E-state index is 0.215. The average molecular weight is 267 g/mol. The van der Waals surface area contributed by atoms with Crippen LogP contribution in [0.1, 0.15) is 37.9 Å². The third kappa shape index (κ3) is 2.14. The monoisotopic (exact) mass is 267 g/mol. The van der Waals surface area contributed by atoms with Crippen LogP contribution in [0.2, 0.25) is 0 Å². The Kier molecular flexibility index (Phi) is 3.28. The lowest BCUT2D eigenvalue weighted by Crippen LogP contribution is -2.31. The third-order valence-electron chi connectivity index (χ3n) is 4.40. The fourth-order valence-corrected chi connectivity index (χ4v) is 4.43. The molecule has 2 aliphatic heterocycles. The predicted molar refractivity (Wildman–Crippen MR) is 73.2 cm³/mol. The van der Waals surface area contributed by atoms with Crippen LogP contribution >= 0.6 is 0 Å². The van der Waals surface area contributed by atoms with Crippen molar-refractivity contribution in [2.45, 2.75) is 37.6 Å². The van der Waals surface area contributed by atoms with E-state index >= 15 is 0 Å². The number of rotatable bonds is 2. The predicted octanol–water partition coefficient (Wildman–Crippen LogP) is 1.22. The summed E-state index contributed by atoms with van der Waals surface area (Å²) in [6.45, 7) is 4.45. The van der Waals surface area contributed by atoms with Gasteiger partial charge < -0.3 is 9.88 Å². The van der Waals surface area contributed by atoms with Gasteiger partial charge in [-0.05, 0) is 25.8 Å². The van der Waals surface area contributed by atoms with Crippen LogP contribution in [-0.4, -0.2) is 38.4 Å². The zero-order chi connectivity index (χ0) is 12.6. The van der Waals surface area contributed by atoms with E-state index in [1.807, 2.05) is 12.5 Å². The molecule has 0 aliphatic carbocycles. The van der Waals surface area contributed by atoms with E-state index in [0.717, 1.165) is 37.4 Å². The molecule has 0 saturated carbocycles. The number of hydrogen-bond donors (Lipinski definition) is 1. The molecule has 1 N–H and O–H groups in total. The molecule has 1 unspecified atom stereocenters. The highest BCUT2D eigenvalue weighted by Gasteiger charge is 2.35. The fraction of sp³-hybridized carbons (Fsp3) is 0.769. The quantitative estimate of drug-likeness (QED) is 0.876. The Labute approximate surface area is 111 Å². The minimum atomic E-state index is -0.588. The van der Waals surface area contributed by atoms with Gasteiger partial charge in [-0.3, -0.25) is 4.21 Å². The van der Waals surface area contributed by atoms with E-state index in [2.05, 4.69) is 21.8 Å². The Balaban J connectivity index is 1.85. The Hall–Kier alpha value is -0.680. The van der Waals surface area contributed by atoms with Crippen molar-refractivity contribution in [3.05, 3.63) is 18.2 Å². The highest BCUT2D eigenvalue weighted by molar-refractivity contribution is 7.85. The molecule has 0 aromatic carbocycles. The molecule has 4 nitrogen and oxygen atoms in total. The molecule has 18 heavy (non-hydrogen) atoms. The molecule has 5 heteroatoms. The van der Waals surface area contributed by atoms with E-state index in [-0.39, 0.29) is 5.41 Å². The van der Waals surface area contributed by atoms with E-state index in [0.29, 0.717) is 6.04 Å². The fourth-order valence-electron chi connectivity index (χ4n) is 3.16.